The Morgan fingerprint density at radius 2 is 1.73 bits per heavy atom. The van der Waals surface area contributed by atoms with Gasteiger partial charge in [0.1, 0.15) is 5.76 Å². The van der Waals surface area contributed by atoms with Gasteiger partial charge in [-0.15, -0.1) is 0 Å². The maximum atomic E-state index is 12.9. The van der Waals surface area contributed by atoms with Gasteiger partial charge in [0.2, 0.25) is 0 Å². The first-order valence-electron chi connectivity index (χ1n) is 9.46. The van der Waals surface area contributed by atoms with E-state index in [9.17, 15) is 14.7 Å². The third-order valence-corrected chi connectivity index (χ3v) is 5.31. The fourth-order valence-corrected chi connectivity index (χ4v) is 3.73. The number of amides is 1. The highest BCUT2D eigenvalue weighted by atomic mass is 35.5. The number of aromatic nitrogens is 3. The molecule has 1 saturated heterocycles. The number of nitrogens with zero attached hydrogens (tertiary/aromatic N) is 4. The van der Waals surface area contributed by atoms with E-state index in [1.165, 1.54) is 4.90 Å². The summed E-state index contributed by atoms with van der Waals surface area (Å²) < 4.78 is 1.91. The molecule has 152 valence electrons. The number of hydrogen-bond acceptors (Lipinski definition) is 5. The van der Waals surface area contributed by atoms with Crippen LogP contribution in [0.1, 0.15) is 23.6 Å². The van der Waals surface area contributed by atoms with Gasteiger partial charge in [0.25, 0.3) is 11.7 Å². The molecule has 8 heteroatoms. The van der Waals surface area contributed by atoms with Crippen LogP contribution in [0.3, 0.4) is 0 Å². The van der Waals surface area contributed by atoms with Crippen LogP contribution in [0.5, 0.6) is 0 Å². The van der Waals surface area contributed by atoms with Crippen LogP contribution in [-0.4, -0.2) is 42.8 Å². The highest BCUT2D eigenvalue weighted by Gasteiger charge is 2.45. The molecule has 1 fully saturated rings. The van der Waals surface area contributed by atoms with Gasteiger partial charge >= 0.3 is 0 Å². The van der Waals surface area contributed by atoms with Gasteiger partial charge in [0.05, 0.1) is 17.9 Å². The van der Waals surface area contributed by atoms with Crippen molar-refractivity contribution >= 4 is 29.1 Å². The zero-order valence-electron chi connectivity index (χ0n) is 16.0. The summed E-state index contributed by atoms with van der Waals surface area (Å²) >= 11 is 5.93. The standard InChI is InChI=1S/C22H19ClN4O3/c23-17-4-2-16(3-5-17)20(28)18-19(15-6-8-24-9-7-15)27(22(30)21(18)29)12-1-11-26-13-10-25-14-26/h2-10,13-14,19,28H,1,11-12H2/b20-18+/t19-/m0/s1. The minimum absolute atomic E-state index is 0.0659. The Balaban J connectivity index is 1.71. The highest BCUT2D eigenvalue weighted by Crippen LogP contribution is 2.39. The number of carbonyl (C=O) groups is 2. The molecule has 0 saturated carbocycles. The van der Waals surface area contributed by atoms with E-state index in [1.807, 2.05) is 10.8 Å². The molecule has 0 radical (unpaired) electrons. The van der Waals surface area contributed by atoms with Crippen LogP contribution in [0.4, 0.5) is 0 Å². The molecule has 0 bridgehead atoms. The smallest absolute Gasteiger partial charge is 0.295 e. The number of aliphatic hydroxyl groups is 1. The molecular weight excluding hydrogens is 404 g/mol. The summed E-state index contributed by atoms with van der Waals surface area (Å²) in [6, 6.07) is 9.29. The minimum atomic E-state index is -0.702. The molecule has 3 heterocycles. The second-order valence-electron chi connectivity index (χ2n) is 6.93. The summed E-state index contributed by atoms with van der Waals surface area (Å²) in [4.78, 5) is 35.3. The van der Waals surface area contributed by atoms with Gasteiger partial charge in [0.15, 0.2) is 0 Å². The molecule has 7 nitrogen and oxygen atoms in total. The van der Waals surface area contributed by atoms with Gasteiger partial charge in [-0.05, 0) is 48.4 Å². The van der Waals surface area contributed by atoms with E-state index >= 15 is 0 Å². The summed E-state index contributed by atoms with van der Waals surface area (Å²) in [5, 5.41) is 11.4. The molecule has 3 aromatic rings. The van der Waals surface area contributed by atoms with E-state index in [4.69, 9.17) is 11.6 Å². The molecule has 1 N–H and O–H groups in total. The zero-order chi connectivity index (χ0) is 21.1. The van der Waals surface area contributed by atoms with Gasteiger partial charge in [-0.3, -0.25) is 14.6 Å². The first-order valence-corrected chi connectivity index (χ1v) is 9.84. The number of aliphatic hydroxyl groups excluding tert-OH is 1. The van der Waals surface area contributed by atoms with Crippen molar-refractivity contribution in [3.8, 4) is 0 Å². The largest absolute Gasteiger partial charge is 0.507 e. The number of pyridine rings is 1. The number of benzene rings is 1. The van der Waals surface area contributed by atoms with E-state index in [-0.39, 0.29) is 11.3 Å². The quantitative estimate of drug-likeness (QED) is 0.373. The Hall–Kier alpha value is -3.45. The predicted octanol–water partition coefficient (Wildman–Crippen LogP) is 3.44. The van der Waals surface area contributed by atoms with Crippen molar-refractivity contribution in [2.24, 2.45) is 0 Å². The molecule has 0 aliphatic carbocycles. The Kier molecular flexibility index (Phi) is 5.63. The van der Waals surface area contributed by atoms with Crippen LogP contribution in [0.15, 0.2) is 73.1 Å². The van der Waals surface area contributed by atoms with Crippen molar-refractivity contribution in [1.29, 1.82) is 0 Å². The number of rotatable bonds is 6. The summed E-state index contributed by atoms with van der Waals surface area (Å²) in [7, 11) is 0. The monoisotopic (exact) mass is 422 g/mol. The first kappa shape index (κ1) is 19.8. The average Bonchev–Trinajstić information content (AvgIpc) is 3.37. The van der Waals surface area contributed by atoms with Gasteiger partial charge in [-0.25, -0.2) is 4.98 Å². The Bertz CT molecular complexity index is 1080. The van der Waals surface area contributed by atoms with Crippen LogP contribution in [0, 0.1) is 0 Å². The summed E-state index contributed by atoms with van der Waals surface area (Å²) in [6.07, 6.45) is 9.07. The summed E-state index contributed by atoms with van der Waals surface area (Å²) in [6.45, 7) is 1.01. The van der Waals surface area contributed by atoms with E-state index in [0.717, 1.165) is 0 Å². The second-order valence-corrected chi connectivity index (χ2v) is 7.37. The number of halogens is 1. The highest BCUT2D eigenvalue weighted by molar-refractivity contribution is 6.46. The number of carbonyl (C=O) groups excluding carboxylic acids is 2. The Morgan fingerprint density at radius 1 is 1.00 bits per heavy atom. The van der Waals surface area contributed by atoms with Crippen molar-refractivity contribution in [2.75, 3.05) is 6.54 Å². The second kappa shape index (κ2) is 8.51. The van der Waals surface area contributed by atoms with E-state index in [0.29, 0.717) is 35.7 Å². The van der Waals surface area contributed by atoms with Crippen molar-refractivity contribution < 1.29 is 14.7 Å². The molecule has 30 heavy (non-hydrogen) atoms. The van der Waals surface area contributed by atoms with Crippen LogP contribution in [0.25, 0.3) is 5.76 Å². The number of hydrogen-bond donors (Lipinski definition) is 1. The summed E-state index contributed by atoms with van der Waals surface area (Å²) in [5.74, 6) is -1.55. The van der Waals surface area contributed by atoms with Crippen LogP contribution < -0.4 is 0 Å². The maximum absolute atomic E-state index is 12.9. The molecule has 4 rings (SSSR count). The maximum Gasteiger partial charge on any atom is 0.295 e. The number of imidazole rings is 1. The van der Waals surface area contributed by atoms with E-state index < -0.39 is 17.7 Å². The lowest BCUT2D eigenvalue weighted by Gasteiger charge is -2.25. The van der Waals surface area contributed by atoms with Crippen LogP contribution in [0.2, 0.25) is 5.02 Å². The molecule has 1 aromatic carbocycles. The van der Waals surface area contributed by atoms with Crippen molar-refractivity contribution in [2.45, 2.75) is 19.0 Å². The normalized spacial score (nSPS) is 18.2. The zero-order valence-corrected chi connectivity index (χ0v) is 16.7. The lowest BCUT2D eigenvalue weighted by atomic mass is 9.96. The predicted molar refractivity (Wildman–Crippen MR) is 112 cm³/mol. The Morgan fingerprint density at radius 3 is 2.40 bits per heavy atom. The van der Waals surface area contributed by atoms with Gasteiger partial charge < -0.3 is 14.6 Å². The molecule has 0 unspecified atom stereocenters. The average molecular weight is 423 g/mol. The van der Waals surface area contributed by atoms with Crippen LogP contribution >= 0.6 is 11.6 Å². The summed E-state index contributed by atoms with van der Waals surface area (Å²) in [5.41, 5.74) is 1.20. The van der Waals surface area contributed by atoms with Crippen molar-refractivity contribution in [1.82, 2.24) is 19.4 Å². The molecular formula is C22H19ClN4O3. The van der Waals surface area contributed by atoms with Gasteiger partial charge in [-0.2, -0.15) is 0 Å². The van der Waals surface area contributed by atoms with Gasteiger partial charge in [-0.1, -0.05) is 11.6 Å². The van der Waals surface area contributed by atoms with E-state index in [1.54, 1.807) is 61.3 Å². The van der Waals surface area contributed by atoms with E-state index in [2.05, 4.69) is 9.97 Å². The van der Waals surface area contributed by atoms with Crippen LogP contribution in [-0.2, 0) is 16.1 Å². The molecule has 1 aliphatic rings. The number of likely N-dealkylation sites (tertiary alicyclic amines) is 1. The lowest BCUT2D eigenvalue weighted by Crippen LogP contribution is -2.31. The Labute approximate surface area is 178 Å². The molecule has 1 aliphatic heterocycles. The SMILES string of the molecule is O=C1C(=O)N(CCCn2ccnc2)[C@@H](c2ccncc2)/C1=C(\O)c1ccc(Cl)cc1. The van der Waals surface area contributed by atoms with Crippen molar-refractivity contribution in [3.05, 3.63) is 89.2 Å². The lowest BCUT2D eigenvalue weighted by molar-refractivity contribution is -0.139. The number of Topliss-reactive ketones (excluding diaryl/α,β-unsaturated/α-hetero) is 1. The number of ketones is 1. The first-order chi connectivity index (χ1) is 14.6. The third-order valence-electron chi connectivity index (χ3n) is 5.05. The number of aryl methyl sites for hydroxylation is 1. The molecule has 0 spiro atoms. The molecule has 1 atom stereocenters. The fourth-order valence-electron chi connectivity index (χ4n) is 3.61. The van der Waals surface area contributed by atoms with Crippen molar-refractivity contribution in [3.63, 3.8) is 0 Å². The topological polar surface area (TPSA) is 88.3 Å². The third kappa shape index (κ3) is 3.84. The fraction of sp³-hybridized carbons (Fsp3) is 0.182. The van der Waals surface area contributed by atoms with Gasteiger partial charge in [0, 0.05) is 48.5 Å². The minimum Gasteiger partial charge on any atom is -0.507 e. The molecule has 1 amide bonds. The molecule has 2 aromatic heterocycles.